The third-order valence-electron chi connectivity index (χ3n) is 3.55. The van der Waals surface area contributed by atoms with Crippen molar-refractivity contribution < 1.29 is 18.7 Å². The van der Waals surface area contributed by atoms with E-state index in [-0.39, 0.29) is 23.6 Å². The van der Waals surface area contributed by atoms with Gasteiger partial charge < -0.3 is 9.72 Å². The molecule has 24 heavy (non-hydrogen) atoms. The molecule has 0 fully saturated rings. The molecule has 0 aliphatic heterocycles. The summed E-state index contributed by atoms with van der Waals surface area (Å²) in [6, 6.07) is 10.3. The molecule has 0 bridgehead atoms. The number of H-pyrrole nitrogens is 1. The Hall–Kier alpha value is -2.66. The van der Waals surface area contributed by atoms with Crippen molar-refractivity contribution in [3.63, 3.8) is 0 Å². The van der Waals surface area contributed by atoms with E-state index >= 15 is 0 Å². The van der Waals surface area contributed by atoms with Crippen LogP contribution in [0.4, 0.5) is 4.39 Å². The van der Waals surface area contributed by atoms with Gasteiger partial charge in [-0.3, -0.25) is 9.59 Å². The highest BCUT2D eigenvalue weighted by Crippen LogP contribution is 2.32. The van der Waals surface area contributed by atoms with Crippen LogP contribution in [0.5, 0.6) is 5.75 Å². The van der Waals surface area contributed by atoms with Gasteiger partial charge in [0.2, 0.25) is 5.78 Å². The highest BCUT2D eigenvalue weighted by Gasteiger charge is 2.22. The summed E-state index contributed by atoms with van der Waals surface area (Å²) in [5, 5.41) is 0.971. The van der Waals surface area contributed by atoms with E-state index < -0.39 is 11.8 Å². The van der Waals surface area contributed by atoms with Crippen LogP contribution in [0.2, 0.25) is 5.02 Å². The molecule has 0 unspecified atom stereocenters. The van der Waals surface area contributed by atoms with Crippen LogP contribution in [0.25, 0.3) is 10.9 Å². The summed E-state index contributed by atoms with van der Waals surface area (Å²) < 4.78 is 18.8. The van der Waals surface area contributed by atoms with Crippen molar-refractivity contribution in [2.45, 2.75) is 13.3 Å². The molecule has 0 spiro atoms. The minimum Gasteiger partial charge on any atom is -0.423 e. The van der Waals surface area contributed by atoms with Gasteiger partial charge in [0.25, 0.3) is 0 Å². The van der Waals surface area contributed by atoms with Gasteiger partial charge in [-0.25, -0.2) is 4.39 Å². The number of carbonyl (C=O) groups is 2. The molecule has 0 amide bonds. The zero-order valence-corrected chi connectivity index (χ0v) is 13.5. The zero-order chi connectivity index (χ0) is 17.3. The molecule has 0 saturated carbocycles. The molecule has 6 heteroatoms. The van der Waals surface area contributed by atoms with E-state index in [0.29, 0.717) is 21.5 Å². The number of ether oxygens (including phenoxy) is 1. The SMILES string of the molecule is CCC(=O)Oc1c(C(=O)c2ccc(Cl)cc2)[nH]c2cc(F)ccc12. The number of aromatic amines is 1. The lowest BCUT2D eigenvalue weighted by molar-refractivity contribution is -0.133. The average Bonchev–Trinajstić information content (AvgIpc) is 2.92. The van der Waals surface area contributed by atoms with Crippen molar-refractivity contribution in [1.29, 1.82) is 0 Å². The lowest BCUT2D eigenvalue weighted by Gasteiger charge is -2.05. The van der Waals surface area contributed by atoms with Crippen LogP contribution in [0.3, 0.4) is 0 Å². The first-order valence-electron chi connectivity index (χ1n) is 7.31. The largest absolute Gasteiger partial charge is 0.423 e. The van der Waals surface area contributed by atoms with E-state index in [1.165, 1.54) is 18.2 Å². The monoisotopic (exact) mass is 345 g/mol. The summed E-state index contributed by atoms with van der Waals surface area (Å²) >= 11 is 5.83. The van der Waals surface area contributed by atoms with E-state index in [2.05, 4.69) is 4.98 Å². The molecular weight excluding hydrogens is 333 g/mol. The number of rotatable bonds is 4. The summed E-state index contributed by atoms with van der Waals surface area (Å²) in [4.78, 5) is 27.3. The van der Waals surface area contributed by atoms with Crippen molar-refractivity contribution in [1.82, 2.24) is 4.98 Å². The fourth-order valence-corrected chi connectivity index (χ4v) is 2.47. The fraction of sp³-hybridized carbons (Fsp3) is 0.111. The Morgan fingerprint density at radius 3 is 2.54 bits per heavy atom. The molecule has 2 aromatic carbocycles. The molecule has 0 atom stereocenters. The van der Waals surface area contributed by atoms with Gasteiger partial charge >= 0.3 is 5.97 Å². The number of carbonyl (C=O) groups excluding carboxylic acids is 2. The number of nitrogens with one attached hydrogen (secondary N) is 1. The number of fused-ring (bicyclic) bond motifs is 1. The second-order valence-corrected chi connectivity index (χ2v) is 5.62. The molecule has 3 aromatic rings. The summed E-state index contributed by atoms with van der Waals surface area (Å²) in [5.74, 6) is -1.20. The molecule has 3 rings (SSSR count). The summed E-state index contributed by atoms with van der Waals surface area (Å²) in [7, 11) is 0. The molecule has 1 heterocycles. The van der Waals surface area contributed by atoms with E-state index in [4.69, 9.17) is 16.3 Å². The van der Waals surface area contributed by atoms with Crippen LogP contribution in [-0.2, 0) is 4.79 Å². The van der Waals surface area contributed by atoms with Crippen LogP contribution < -0.4 is 4.74 Å². The third-order valence-corrected chi connectivity index (χ3v) is 3.80. The van der Waals surface area contributed by atoms with Crippen LogP contribution >= 0.6 is 11.6 Å². The van der Waals surface area contributed by atoms with Gasteiger partial charge in [-0.05, 0) is 42.5 Å². The smallest absolute Gasteiger partial charge is 0.310 e. The highest BCUT2D eigenvalue weighted by atomic mass is 35.5. The van der Waals surface area contributed by atoms with Crippen LogP contribution in [-0.4, -0.2) is 16.7 Å². The number of esters is 1. The van der Waals surface area contributed by atoms with Gasteiger partial charge in [-0.15, -0.1) is 0 Å². The van der Waals surface area contributed by atoms with Gasteiger partial charge in [-0.1, -0.05) is 18.5 Å². The Morgan fingerprint density at radius 2 is 1.88 bits per heavy atom. The molecule has 122 valence electrons. The lowest BCUT2D eigenvalue weighted by atomic mass is 10.1. The maximum absolute atomic E-state index is 13.4. The molecular formula is C18H13ClFNO3. The van der Waals surface area contributed by atoms with Crippen molar-refractivity contribution in [3.8, 4) is 5.75 Å². The van der Waals surface area contributed by atoms with E-state index in [1.807, 2.05) is 0 Å². The summed E-state index contributed by atoms with van der Waals surface area (Å²) in [6.45, 7) is 1.65. The molecule has 1 aromatic heterocycles. The van der Waals surface area contributed by atoms with Gasteiger partial charge in [-0.2, -0.15) is 0 Å². The average molecular weight is 346 g/mol. The Bertz CT molecular complexity index is 931. The number of ketones is 1. The predicted octanol–water partition coefficient (Wildman–Crippen LogP) is 4.51. The number of hydrogen-bond acceptors (Lipinski definition) is 3. The van der Waals surface area contributed by atoms with Crippen molar-refractivity contribution >= 4 is 34.3 Å². The van der Waals surface area contributed by atoms with Crippen LogP contribution in [0.1, 0.15) is 29.4 Å². The van der Waals surface area contributed by atoms with Gasteiger partial charge in [0.1, 0.15) is 11.5 Å². The summed E-state index contributed by atoms with van der Waals surface area (Å²) in [5.41, 5.74) is 0.853. The first-order chi connectivity index (χ1) is 11.5. The third kappa shape index (κ3) is 3.03. The van der Waals surface area contributed by atoms with E-state index in [1.54, 1.807) is 31.2 Å². The normalized spacial score (nSPS) is 10.8. The second-order valence-electron chi connectivity index (χ2n) is 5.18. The molecule has 0 radical (unpaired) electrons. The lowest BCUT2D eigenvalue weighted by Crippen LogP contribution is -2.10. The molecule has 1 N–H and O–H groups in total. The standard InChI is InChI=1S/C18H13ClFNO3/c1-2-15(22)24-18-13-8-7-12(20)9-14(13)21-16(18)17(23)10-3-5-11(19)6-4-10/h3-9,21H,2H2,1H3. The quantitative estimate of drug-likeness (QED) is 0.559. The van der Waals surface area contributed by atoms with Gasteiger partial charge in [0, 0.05) is 22.4 Å². The minimum atomic E-state index is -0.481. The molecule has 0 aliphatic carbocycles. The predicted molar refractivity (Wildman–Crippen MR) is 89.1 cm³/mol. The molecule has 0 saturated heterocycles. The highest BCUT2D eigenvalue weighted by molar-refractivity contribution is 6.30. The van der Waals surface area contributed by atoms with Gasteiger partial charge in [0.05, 0.1) is 5.52 Å². The maximum atomic E-state index is 13.4. The Kier molecular flexibility index (Phi) is 4.36. The second kappa shape index (κ2) is 6.45. The van der Waals surface area contributed by atoms with Crippen molar-refractivity contribution in [2.24, 2.45) is 0 Å². The topological polar surface area (TPSA) is 59.2 Å². The van der Waals surface area contributed by atoms with Crippen molar-refractivity contribution in [3.05, 3.63) is 64.6 Å². The van der Waals surface area contributed by atoms with Crippen LogP contribution in [0.15, 0.2) is 42.5 Å². The van der Waals surface area contributed by atoms with Gasteiger partial charge in [0.15, 0.2) is 5.75 Å². The first-order valence-corrected chi connectivity index (χ1v) is 7.69. The molecule has 0 aliphatic rings. The number of benzene rings is 2. The van der Waals surface area contributed by atoms with E-state index in [0.717, 1.165) is 0 Å². The van der Waals surface area contributed by atoms with Crippen molar-refractivity contribution in [2.75, 3.05) is 0 Å². The molecule has 4 nitrogen and oxygen atoms in total. The van der Waals surface area contributed by atoms with E-state index in [9.17, 15) is 14.0 Å². The van der Waals surface area contributed by atoms with Crippen LogP contribution in [0, 0.1) is 5.82 Å². The Labute approximate surface area is 142 Å². The zero-order valence-electron chi connectivity index (χ0n) is 12.7. The Morgan fingerprint density at radius 1 is 1.17 bits per heavy atom. The summed E-state index contributed by atoms with van der Waals surface area (Å²) in [6.07, 6.45) is 0.155. The maximum Gasteiger partial charge on any atom is 0.310 e. The number of aromatic nitrogens is 1. The first kappa shape index (κ1) is 16.2. The number of halogens is 2. The number of hydrogen-bond donors (Lipinski definition) is 1. The Balaban J connectivity index is 2.14. The minimum absolute atomic E-state index is 0.0970. The fourth-order valence-electron chi connectivity index (χ4n) is 2.34.